The zero-order valence-electron chi connectivity index (χ0n) is 12.4. The van der Waals surface area contributed by atoms with Gasteiger partial charge in [0.25, 0.3) is 5.78 Å². The minimum absolute atomic E-state index is 0.343. The molecule has 0 saturated carbocycles. The average Bonchev–Trinajstić information content (AvgIpc) is 2.47. The molecule has 2 N–H and O–H groups in total. The van der Waals surface area contributed by atoms with Crippen molar-refractivity contribution in [3.8, 4) is 0 Å². The fourth-order valence-corrected chi connectivity index (χ4v) is 2.71. The number of carbonyl (C=O) groups is 1. The van der Waals surface area contributed by atoms with Crippen molar-refractivity contribution in [3.05, 3.63) is 35.9 Å². The predicted octanol–water partition coefficient (Wildman–Crippen LogP) is 1.26. The zero-order chi connectivity index (χ0) is 16.3. The van der Waals surface area contributed by atoms with Gasteiger partial charge in [0.15, 0.2) is 0 Å². The molecule has 22 heavy (non-hydrogen) atoms. The molecule has 0 amide bonds. The third-order valence-corrected chi connectivity index (χ3v) is 3.96. The van der Waals surface area contributed by atoms with E-state index in [1.54, 1.807) is 0 Å². The third kappa shape index (κ3) is 4.06. The Labute approximate surface area is 127 Å². The first-order valence-electron chi connectivity index (χ1n) is 7.12. The number of hydrogen-bond donors (Lipinski definition) is 1. The number of carbonyl (C=O) groups excluding carboxylic acids is 1. The number of nitrogens with zero attached hydrogens (tertiary/aromatic N) is 2. The number of nitrogens with two attached hydrogens (primary N) is 1. The summed E-state index contributed by atoms with van der Waals surface area (Å²) in [5, 5.41) is 0. The molecule has 2 atom stereocenters. The number of benzene rings is 1. The van der Waals surface area contributed by atoms with Gasteiger partial charge in [-0.3, -0.25) is 9.69 Å². The van der Waals surface area contributed by atoms with Crippen molar-refractivity contribution in [1.82, 2.24) is 9.80 Å². The summed E-state index contributed by atoms with van der Waals surface area (Å²) in [6.45, 7) is 2.14. The van der Waals surface area contributed by atoms with Gasteiger partial charge in [-0.05, 0) is 12.6 Å². The molecule has 122 valence electrons. The number of halogens is 3. The molecule has 1 aliphatic heterocycles. The van der Waals surface area contributed by atoms with Gasteiger partial charge in [0.05, 0.1) is 6.04 Å². The quantitative estimate of drug-likeness (QED) is 0.909. The van der Waals surface area contributed by atoms with Crippen molar-refractivity contribution < 1.29 is 18.0 Å². The second kappa shape index (κ2) is 6.76. The largest absolute Gasteiger partial charge is 0.451 e. The van der Waals surface area contributed by atoms with Crippen molar-refractivity contribution in [2.75, 3.05) is 26.7 Å². The molecule has 1 aromatic carbocycles. The maximum atomic E-state index is 12.6. The van der Waals surface area contributed by atoms with Crippen LogP contribution < -0.4 is 5.73 Å². The highest BCUT2D eigenvalue weighted by Gasteiger charge is 2.46. The highest BCUT2D eigenvalue weighted by molar-refractivity contribution is 5.89. The van der Waals surface area contributed by atoms with Crippen LogP contribution >= 0.6 is 0 Å². The molecule has 0 aromatic heterocycles. The first kappa shape index (κ1) is 16.9. The fraction of sp³-hybridized carbons (Fsp3) is 0.533. The van der Waals surface area contributed by atoms with Crippen LogP contribution in [0.1, 0.15) is 5.56 Å². The molecule has 1 heterocycles. The van der Waals surface area contributed by atoms with Crippen LogP contribution in [0.3, 0.4) is 0 Å². The van der Waals surface area contributed by atoms with Gasteiger partial charge >= 0.3 is 6.18 Å². The Bertz CT molecular complexity index is 507. The van der Waals surface area contributed by atoms with Gasteiger partial charge in [-0.25, -0.2) is 0 Å². The van der Waals surface area contributed by atoms with Crippen molar-refractivity contribution >= 4 is 5.78 Å². The monoisotopic (exact) mass is 315 g/mol. The number of alkyl halides is 3. The first-order valence-corrected chi connectivity index (χ1v) is 7.12. The van der Waals surface area contributed by atoms with Crippen LogP contribution in [-0.2, 0) is 11.3 Å². The van der Waals surface area contributed by atoms with Gasteiger partial charge in [0.1, 0.15) is 0 Å². The number of likely N-dealkylation sites (N-methyl/N-ethyl adjacent to an activating group) is 1. The van der Waals surface area contributed by atoms with E-state index in [0.717, 1.165) is 12.1 Å². The lowest BCUT2D eigenvalue weighted by Crippen LogP contribution is -2.62. The van der Waals surface area contributed by atoms with E-state index >= 15 is 0 Å². The molecule has 2 unspecified atom stereocenters. The number of hydrogen-bond acceptors (Lipinski definition) is 4. The van der Waals surface area contributed by atoms with E-state index < -0.39 is 24.0 Å². The summed E-state index contributed by atoms with van der Waals surface area (Å²) in [5.74, 6) is -1.86. The molecule has 2 rings (SSSR count). The summed E-state index contributed by atoms with van der Waals surface area (Å²) in [7, 11) is 1.82. The Kier molecular flexibility index (Phi) is 5.20. The fourth-order valence-electron chi connectivity index (χ4n) is 2.71. The molecular formula is C15H20F3N3O. The zero-order valence-corrected chi connectivity index (χ0v) is 12.4. The lowest BCUT2D eigenvalue weighted by Gasteiger charge is -2.42. The van der Waals surface area contributed by atoms with E-state index in [4.69, 9.17) is 5.73 Å². The summed E-state index contributed by atoms with van der Waals surface area (Å²) < 4.78 is 37.9. The van der Waals surface area contributed by atoms with Crippen molar-refractivity contribution in [2.45, 2.75) is 24.8 Å². The maximum Gasteiger partial charge on any atom is 0.451 e. The molecule has 0 aliphatic carbocycles. The number of piperazine rings is 1. The number of rotatable bonds is 4. The molecule has 4 nitrogen and oxygen atoms in total. The Balaban J connectivity index is 2.14. The van der Waals surface area contributed by atoms with Crippen LogP contribution in [0.25, 0.3) is 0 Å². The lowest BCUT2D eigenvalue weighted by atomic mass is 9.99. The standard InChI is InChI=1S/C15H20F3N3O/c1-20-7-8-21(9-11-5-3-2-4-6-11)12(10-20)13(19)14(22)15(16,17)18/h2-6,12-13H,7-10,19H2,1H3. The van der Waals surface area contributed by atoms with E-state index in [2.05, 4.69) is 0 Å². The average molecular weight is 315 g/mol. The molecule has 1 aromatic rings. The topological polar surface area (TPSA) is 49.6 Å². The first-order chi connectivity index (χ1) is 10.3. The molecule has 0 bridgehead atoms. The minimum atomic E-state index is -4.89. The highest BCUT2D eigenvalue weighted by Crippen LogP contribution is 2.22. The minimum Gasteiger partial charge on any atom is -0.320 e. The van der Waals surface area contributed by atoms with E-state index in [9.17, 15) is 18.0 Å². The van der Waals surface area contributed by atoms with Crippen LogP contribution in [-0.4, -0.2) is 60.5 Å². The van der Waals surface area contributed by atoms with Crippen molar-refractivity contribution in [1.29, 1.82) is 0 Å². The Hall–Kier alpha value is -1.44. The smallest absolute Gasteiger partial charge is 0.320 e. The Morgan fingerprint density at radius 2 is 1.95 bits per heavy atom. The summed E-state index contributed by atoms with van der Waals surface area (Å²) >= 11 is 0. The van der Waals surface area contributed by atoms with Crippen LogP contribution in [0.2, 0.25) is 0 Å². The van der Waals surface area contributed by atoms with Gasteiger partial charge < -0.3 is 10.6 Å². The Morgan fingerprint density at radius 1 is 1.32 bits per heavy atom. The summed E-state index contributed by atoms with van der Waals surface area (Å²) in [6, 6.07) is 7.24. The van der Waals surface area contributed by atoms with E-state index in [0.29, 0.717) is 19.6 Å². The molecule has 0 radical (unpaired) electrons. The van der Waals surface area contributed by atoms with Gasteiger partial charge in [-0.2, -0.15) is 13.2 Å². The second-order valence-electron chi connectivity index (χ2n) is 5.67. The SMILES string of the molecule is CN1CCN(Cc2ccccc2)C(C(N)C(=O)C(F)(F)F)C1. The van der Waals surface area contributed by atoms with Crippen molar-refractivity contribution in [3.63, 3.8) is 0 Å². The summed E-state index contributed by atoms with van der Waals surface area (Å²) in [5.41, 5.74) is 6.64. The maximum absolute atomic E-state index is 12.6. The number of Topliss-reactive ketones (excluding diaryl/α,β-unsaturated/α-hetero) is 1. The molecule has 1 saturated heterocycles. The van der Waals surface area contributed by atoms with Gasteiger partial charge in [0.2, 0.25) is 0 Å². The van der Waals surface area contributed by atoms with E-state index in [1.165, 1.54) is 0 Å². The van der Waals surface area contributed by atoms with Gasteiger partial charge in [0, 0.05) is 32.2 Å². The summed E-state index contributed by atoms with van der Waals surface area (Å²) in [6.07, 6.45) is -4.89. The molecule has 7 heteroatoms. The summed E-state index contributed by atoms with van der Waals surface area (Å²) in [4.78, 5) is 15.2. The third-order valence-electron chi connectivity index (χ3n) is 3.96. The van der Waals surface area contributed by atoms with Crippen LogP contribution in [0.5, 0.6) is 0 Å². The normalized spacial score (nSPS) is 22.5. The van der Waals surface area contributed by atoms with E-state index in [1.807, 2.05) is 47.2 Å². The predicted molar refractivity (Wildman–Crippen MR) is 77.2 cm³/mol. The van der Waals surface area contributed by atoms with Gasteiger partial charge in [-0.1, -0.05) is 30.3 Å². The van der Waals surface area contributed by atoms with Crippen LogP contribution in [0, 0.1) is 0 Å². The lowest BCUT2D eigenvalue weighted by molar-refractivity contribution is -0.174. The Morgan fingerprint density at radius 3 is 2.55 bits per heavy atom. The van der Waals surface area contributed by atoms with Crippen LogP contribution in [0.4, 0.5) is 13.2 Å². The second-order valence-corrected chi connectivity index (χ2v) is 5.67. The number of ketones is 1. The van der Waals surface area contributed by atoms with Gasteiger partial charge in [-0.15, -0.1) is 0 Å². The molecular weight excluding hydrogens is 295 g/mol. The highest BCUT2D eigenvalue weighted by atomic mass is 19.4. The molecule has 1 fully saturated rings. The molecule has 0 spiro atoms. The van der Waals surface area contributed by atoms with E-state index in [-0.39, 0.29) is 0 Å². The van der Waals surface area contributed by atoms with Crippen LogP contribution in [0.15, 0.2) is 30.3 Å². The van der Waals surface area contributed by atoms with Crippen molar-refractivity contribution in [2.24, 2.45) is 5.73 Å². The molecule has 1 aliphatic rings.